The summed E-state index contributed by atoms with van der Waals surface area (Å²) in [4.78, 5) is 2.67. The average Bonchev–Trinajstić information content (AvgIpc) is 2.63. The molecule has 2 unspecified atom stereocenters. The van der Waals surface area contributed by atoms with Crippen LogP contribution < -0.4 is 10.6 Å². The van der Waals surface area contributed by atoms with E-state index in [1.165, 1.54) is 44.2 Å². The molecule has 3 nitrogen and oxygen atoms in total. The van der Waals surface area contributed by atoms with Crippen LogP contribution in [0, 0.1) is 5.92 Å². The SMILES string of the molecule is CCCCC(C)NCC(CNC)N(CCCC(C)C)Cc1ccccc1. The standard InChI is InChI=1S/C23H43N3/c1-6-7-13-21(4)25-18-23(17-24-5)26(16-11-12-20(2)3)19-22-14-9-8-10-15-22/h8-10,14-15,20-21,23-25H,6-7,11-13,16-19H2,1-5H3. The molecule has 0 bridgehead atoms. The van der Waals surface area contributed by atoms with Crippen LogP contribution in [0.15, 0.2) is 30.3 Å². The van der Waals surface area contributed by atoms with Gasteiger partial charge in [-0.05, 0) is 51.3 Å². The molecule has 0 radical (unpaired) electrons. The van der Waals surface area contributed by atoms with Crippen molar-refractivity contribution in [3.05, 3.63) is 35.9 Å². The normalized spacial score (nSPS) is 14.1. The number of unbranched alkanes of at least 4 members (excludes halogenated alkanes) is 1. The second-order valence-corrected chi connectivity index (χ2v) is 8.16. The molecule has 26 heavy (non-hydrogen) atoms. The smallest absolute Gasteiger partial charge is 0.0348 e. The van der Waals surface area contributed by atoms with Crippen molar-refractivity contribution in [1.29, 1.82) is 0 Å². The van der Waals surface area contributed by atoms with Crippen LogP contribution in [0.4, 0.5) is 0 Å². The highest BCUT2D eigenvalue weighted by Gasteiger charge is 2.19. The fourth-order valence-electron chi connectivity index (χ4n) is 3.43. The average molecular weight is 362 g/mol. The molecule has 3 heteroatoms. The minimum absolute atomic E-state index is 0.524. The van der Waals surface area contributed by atoms with Gasteiger partial charge >= 0.3 is 0 Å². The third-order valence-corrected chi connectivity index (χ3v) is 5.10. The Morgan fingerprint density at radius 2 is 1.69 bits per heavy atom. The van der Waals surface area contributed by atoms with Gasteiger partial charge in [-0.15, -0.1) is 0 Å². The Labute approximate surface area is 162 Å². The van der Waals surface area contributed by atoms with E-state index in [1.54, 1.807) is 0 Å². The highest BCUT2D eigenvalue weighted by atomic mass is 15.2. The summed E-state index contributed by atoms with van der Waals surface area (Å²) in [5, 5.41) is 7.20. The van der Waals surface area contributed by atoms with E-state index in [1.807, 2.05) is 0 Å². The summed E-state index contributed by atoms with van der Waals surface area (Å²) < 4.78 is 0. The topological polar surface area (TPSA) is 27.3 Å². The number of rotatable bonds is 15. The maximum atomic E-state index is 3.79. The number of benzene rings is 1. The Morgan fingerprint density at radius 3 is 2.31 bits per heavy atom. The van der Waals surface area contributed by atoms with Gasteiger partial charge in [-0.2, -0.15) is 0 Å². The molecule has 1 aromatic carbocycles. The maximum Gasteiger partial charge on any atom is 0.0348 e. The Morgan fingerprint density at radius 1 is 0.962 bits per heavy atom. The molecular formula is C23H43N3. The van der Waals surface area contributed by atoms with E-state index < -0.39 is 0 Å². The molecule has 2 atom stereocenters. The zero-order chi connectivity index (χ0) is 19.2. The van der Waals surface area contributed by atoms with Crippen molar-refractivity contribution in [3.63, 3.8) is 0 Å². The van der Waals surface area contributed by atoms with Gasteiger partial charge in [0, 0.05) is 31.7 Å². The van der Waals surface area contributed by atoms with Crippen molar-refractivity contribution in [2.24, 2.45) is 5.92 Å². The summed E-state index contributed by atoms with van der Waals surface area (Å²) >= 11 is 0. The molecular weight excluding hydrogens is 318 g/mol. The van der Waals surface area contributed by atoms with E-state index >= 15 is 0 Å². The number of hydrogen-bond acceptors (Lipinski definition) is 3. The van der Waals surface area contributed by atoms with Gasteiger partial charge in [-0.25, -0.2) is 0 Å². The first-order chi connectivity index (χ1) is 12.6. The first kappa shape index (κ1) is 23.1. The lowest BCUT2D eigenvalue weighted by molar-refractivity contribution is 0.171. The first-order valence-corrected chi connectivity index (χ1v) is 10.7. The van der Waals surface area contributed by atoms with Gasteiger partial charge in [0.25, 0.3) is 0 Å². The fraction of sp³-hybridized carbons (Fsp3) is 0.739. The second kappa shape index (κ2) is 14.2. The number of nitrogens with zero attached hydrogens (tertiary/aromatic N) is 1. The van der Waals surface area contributed by atoms with Gasteiger partial charge < -0.3 is 10.6 Å². The highest BCUT2D eigenvalue weighted by Crippen LogP contribution is 2.12. The molecule has 0 saturated heterocycles. The fourth-order valence-corrected chi connectivity index (χ4v) is 3.43. The molecule has 0 saturated carbocycles. The molecule has 0 aliphatic heterocycles. The third kappa shape index (κ3) is 10.3. The largest absolute Gasteiger partial charge is 0.318 e. The van der Waals surface area contributed by atoms with Crippen molar-refractivity contribution in [1.82, 2.24) is 15.5 Å². The molecule has 1 aromatic rings. The van der Waals surface area contributed by atoms with E-state index in [2.05, 4.69) is 80.6 Å². The maximum absolute atomic E-state index is 3.79. The van der Waals surface area contributed by atoms with Gasteiger partial charge in [-0.3, -0.25) is 4.90 Å². The zero-order valence-electron chi connectivity index (χ0n) is 17.9. The van der Waals surface area contributed by atoms with E-state index in [0.717, 1.165) is 25.6 Å². The van der Waals surface area contributed by atoms with Gasteiger partial charge in [0.05, 0.1) is 0 Å². The van der Waals surface area contributed by atoms with Crippen LogP contribution in [0.1, 0.15) is 65.4 Å². The molecule has 1 rings (SSSR count). The predicted octanol–water partition coefficient (Wildman–Crippen LogP) is 4.68. The van der Waals surface area contributed by atoms with Crippen molar-refractivity contribution in [3.8, 4) is 0 Å². The molecule has 0 aliphatic carbocycles. The summed E-state index contributed by atoms with van der Waals surface area (Å²) in [5.74, 6) is 0.781. The quantitative estimate of drug-likeness (QED) is 0.475. The first-order valence-electron chi connectivity index (χ1n) is 10.7. The van der Waals surface area contributed by atoms with E-state index in [4.69, 9.17) is 0 Å². The third-order valence-electron chi connectivity index (χ3n) is 5.10. The van der Waals surface area contributed by atoms with E-state index in [0.29, 0.717) is 12.1 Å². The molecule has 0 aromatic heterocycles. The lowest BCUT2D eigenvalue weighted by Crippen LogP contribution is -2.49. The van der Waals surface area contributed by atoms with Crippen molar-refractivity contribution in [2.75, 3.05) is 26.7 Å². The minimum atomic E-state index is 0.524. The monoisotopic (exact) mass is 361 g/mol. The lowest BCUT2D eigenvalue weighted by Gasteiger charge is -2.33. The van der Waals surface area contributed by atoms with Crippen LogP contribution >= 0.6 is 0 Å². The van der Waals surface area contributed by atoms with Crippen LogP contribution in [-0.4, -0.2) is 43.7 Å². The molecule has 0 amide bonds. The Balaban J connectivity index is 2.69. The lowest BCUT2D eigenvalue weighted by atomic mass is 10.1. The molecule has 0 fully saturated rings. The Hall–Kier alpha value is -0.900. The van der Waals surface area contributed by atoms with E-state index in [-0.39, 0.29) is 0 Å². The molecule has 0 spiro atoms. The van der Waals surface area contributed by atoms with Crippen LogP contribution in [0.5, 0.6) is 0 Å². The number of likely N-dealkylation sites (N-methyl/N-ethyl adjacent to an activating group) is 1. The van der Waals surface area contributed by atoms with Crippen LogP contribution in [0.25, 0.3) is 0 Å². The molecule has 0 aliphatic rings. The molecule has 2 N–H and O–H groups in total. The van der Waals surface area contributed by atoms with Crippen LogP contribution in [-0.2, 0) is 6.54 Å². The summed E-state index contributed by atoms with van der Waals surface area (Å²) in [6.07, 6.45) is 6.44. The van der Waals surface area contributed by atoms with Crippen LogP contribution in [0.3, 0.4) is 0 Å². The summed E-state index contributed by atoms with van der Waals surface area (Å²) in [6, 6.07) is 12.0. The number of hydrogen-bond donors (Lipinski definition) is 2. The van der Waals surface area contributed by atoms with Crippen LogP contribution in [0.2, 0.25) is 0 Å². The number of nitrogens with one attached hydrogen (secondary N) is 2. The highest BCUT2D eigenvalue weighted by molar-refractivity contribution is 5.14. The van der Waals surface area contributed by atoms with Gasteiger partial charge in [0.1, 0.15) is 0 Å². The Bertz CT molecular complexity index is 432. The van der Waals surface area contributed by atoms with Gasteiger partial charge in [0.15, 0.2) is 0 Å². The predicted molar refractivity (Wildman–Crippen MR) is 116 cm³/mol. The molecule has 0 heterocycles. The van der Waals surface area contributed by atoms with Gasteiger partial charge in [0.2, 0.25) is 0 Å². The summed E-state index contributed by atoms with van der Waals surface area (Å²) in [5.41, 5.74) is 1.41. The van der Waals surface area contributed by atoms with Crippen molar-refractivity contribution >= 4 is 0 Å². The minimum Gasteiger partial charge on any atom is -0.318 e. The summed E-state index contributed by atoms with van der Waals surface area (Å²) in [6.45, 7) is 13.5. The zero-order valence-corrected chi connectivity index (χ0v) is 17.9. The Kier molecular flexibility index (Phi) is 12.6. The van der Waals surface area contributed by atoms with E-state index in [9.17, 15) is 0 Å². The van der Waals surface area contributed by atoms with Crippen molar-refractivity contribution in [2.45, 2.75) is 78.4 Å². The van der Waals surface area contributed by atoms with Crippen molar-refractivity contribution < 1.29 is 0 Å². The summed E-state index contributed by atoms with van der Waals surface area (Å²) in [7, 11) is 2.07. The molecule has 150 valence electrons. The second-order valence-electron chi connectivity index (χ2n) is 8.16. The van der Waals surface area contributed by atoms with Gasteiger partial charge in [-0.1, -0.05) is 63.9 Å².